The number of urea groups is 1. The molecule has 0 saturated carbocycles. The number of aliphatic hydroxyl groups is 1. The first kappa shape index (κ1) is 15.5. The summed E-state index contributed by atoms with van der Waals surface area (Å²) in [7, 11) is 1.59. The van der Waals surface area contributed by atoms with Crippen LogP contribution in [0.15, 0.2) is 28.7 Å². The van der Waals surface area contributed by atoms with Crippen LogP contribution in [0.5, 0.6) is 0 Å². The Morgan fingerprint density at radius 3 is 2.74 bits per heavy atom. The Balaban J connectivity index is 2.47. The molecule has 0 radical (unpaired) electrons. The Bertz CT molecular complexity index is 467. The minimum absolute atomic E-state index is 0.322. The molecule has 0 aliphatic heterocycles. The molecule has 1 atom stereocenters. The van der Waals surface area contributed by atoms with E-state index in [9.17, 15) is 9.59 Å². The van der Waals surface area contributed by atoms with Crippen molar-refractivity contribution in [3.63, 3.8) is 0 Å². The molecule has 0 spiro atoms. The molecule has 0 aromatic heterocycles. The maximum absolute atomic E-state index is 11.7. The van der Waals surface area contributed by atoms with Crippen molar-refractivity contribution in [3.8, 4) is 0 Å². The Morgan fingerprint density at radius 2 is 2.16 bits per heavy atom. The van der Waals surface area contributed by atoms with Crippen molar-refractivity contribution in [3.05, 3.63) is 34.3 Å². The summed E-state index contributed by atoms with van der Waals surface area (Å²) >= 11 is 3.34. The largest absolute Gasteiger partial charge is 0.479 e. The van der Waals surface area contributed by atoms with Crippen molar-refractivity contribution in [1.82, 2.24) is 10.2 Å². The van der Waals surface area contributed by atoms with E-state index in [1.165, 1.54) is 4.90 Å². The van der Waals surface area contributed by atoms with Crippen molar-refractivity contribution in [2.45, 2.75) is 12.6 Å². The quantitative estimate of drug-likeness (QED) is 0.752. The number of aliphatic carboxylic acids is 1. The Hall–Kier alpha value is -1.60. The van der Waals surface area contributed by atoms with Crippen molar-refractivity contribution >= 4 is 27.9 Å². The molecule has 7 heteroatoms. The van der Waals surface area contributed by atoms with Crippen LogP contribution < -0.4 is 5.32 Å². The molecule has 0 heterocycles. The van der Waals surface area contributed by atoms with Gasteiger partial charge in [0, 0.05) is 18.1 Å². The summed E-state index contributed by atoms with van der Waals surface area (Å²) in [4.78, 5) is 23.4. The van der Waals surface area contributed by atoms with Gasteiger partial charge in [-0.1, -0.05) is 28.1 Å². The third kappa shape index (κ3) is 5.27. The fourth-order valence-electron chi connectivity index (χ4n) is 1.39. The summed E-state index contributed by atoms with van der Waals surface area (Å²) in [5.41, 5.74) is 0.936. The average molecular weight is 331 g/mol. The number of halogens is 1. The number of amides is 2. The minimum atomic E-state index is -1.59. The highest BCUT2D eigenvalue weighted by atomic mass is 79.9. The molecule has 19 heavy (non-hydrogen) atoms. The normalized spacial score (nSPS) is 11.7. The van der Waals surface area contributed by atoms with Gasteiger partial charge in [0.15, 0.2) is 6.10 Å². The number of benzene rings is 1. The number of hydrogen-bond acceptors (Lipinski definition) is 3. The number of carbonyl (C=O) groups is 2. The van der Waals surface area contributed by atoms with Gasteiger partial charge in [-0.2, -0.15) is 0 Å². The second kappa shape index (κ2) is 7.10. The number of nitrogens with zero attached hydrogens (tertiary/aromatic N) is 1. The third-order valence-corrected chi connectivity index (χ3v) is 2.88. The number of hydrogen-bond donors (Lipinski definition) is 3. The molecule has 1 aromatic rings. The minimum Gasteiger partial charge on any atom is -0.479 e. The predicted octanol–water partition coefficient (Wildman–Crippen LogP) is 1.04. The van der Waals surface area contributed by atoms with Gasteiger partial charge in [0.05, 0.1) is 6.54 Å². The number of carboxylic acids is 1. The molecule has 104 valence electrons. The molecular weight excluding hydrogens is 316 g/mol. The van der Waals surface area contributed by atoms with E-state index in [1.807, 2.05) is 24.3 Å². The van der Waals surface area contributed by atoms with Gasteiger partial charge in [0.2, 0.25) is 0 Å². The van der Waals surface area contributed by atoms with Gasteiger partial charge in [0.25, 0.3) is 0 Å². The Morgan fingerprint density at radius 1 is 1.47 bits per heavy atom. The van der Waals surface area contributed by atoms with Gasteiger partial charge in [-0.3, -0.25) is 0 Å². The molecule has 0 saturated heterocycles. The molecular formula is C12H15BrN2O4. The lowest BCUT2D eigenvalue weighted by molar-refractivity contribution is -0.146. The van der Waals surface area contributed by atoms with E-state index in [-0.39, 0.29) is 6.54 Å². The highest BCUT2D eigenvalue weighted by Gasteiger charge is 2.16. The van der Waals surface area contributed by atoms with Gasteiger partial charge in [-0.05, 0) is 17.7 Å². The zero-order valence-corrected chi connectivity index (χ0v) is 11.9. The second-order valence-electron chi connectivity index (χ2n) is 4.03. The third-order valence-electron chi connectivity index (χ3n) is 2.39. The molecule has 0 aliphatic carbocycles. The highest BCUT2D eigenvalue weighted by molar-refractivity contribution is 9.10. The van der Waals surface area contributed by atoms with E-state index in [1.54, 1.807) is 7.05 Å². The van der Waals surface area contributed by atoms with Gasteiger partial charge in [-0.25, -0.2) is 9.59 Å². The van der Waals surface area contributed by atoms with Crippen LogP contribution >= 0.6 is 15.9 Å². The molecule has 1 unspecified atom stereocenters. The molecule has 6 nitrogen and oxygen atoms in total. The van der Waals surface area contributed by atoms with Gasteiger partial charge >= 0.3 is 12.0 Å². The smallest absolute Gasteiger partial charge is 0.334 e. The Labute approximate surface area is 119 Å². The molecule has 0 bridgehead atoms. The lowest BCUT2D eigenvalue weighted by Gasteiger charge is -2.18. The van der Waals surface area contributed by atoms with Crippen LogP contribution in [0.2, 0.25) is 0 Å². The van der Waals surface area contributed by atoms with Crippen molar-refractivity contribution in [1.29, 1.82) is 0 Å². The van der Waals surface area contributed by atoms with Crippen LogP contribution in [-0.4, -0.2) is 46.8 Å². The molecule has 0 aliphatic rings. The standard InChI is InChI=1S/C12H15BrN2O4/c1-15(7-8-3-2-4-9(13)5-8)12(19)14-6-10(16)11(17)18/h2-5,10,16H,6-7H2,1H3,(H,14,19)(H,17,18). The van der Waals surface area contributed by atoms with Gasteiger partial charge in [0.1, 0.15) is 0 Å². The molecule has 0 fully saturated rings. The van der Waals surface area contributed by atoms with Crippen LogP contribution in [0.1, 0.15) is 5.56 Å². The monoisotopic (exact) mass is 330 g/mol. The summed E-state index contributed by atoms with van der Waals surface area (Å²) in [5, 5.41) is 19.9. The first-order valence-corrected chi connectivity index (χ1v) is 6.33. The van der Waals surface area contributed by atoms with Gasteiger partial charge in [-0.15, -0.1) is 0 Å². The number of carboxylic acid groups (broad SMARTS) is 1. The van der Waals surface area contributed by atoms with Crippen molar-refractivity contribution < 1.29 is 19.8 Å². The van der Waals surface area contributed by atoms with Crippen LogP contribution in [-0.2, 0) is 11.3 Å². The van der Waals surface area contributed by atoms with E-state index in [0.717, 1.165) is 10.0 Å². The maximum Gasteiger partial charge on any atom is 0.334 e. The molecule has 1 rings (SSSR count). The fraction of sp³-hybridized carbons (Fsp3) is 0.333. The van der Waals surface area contributed by atoms with E-state index >= 15 is 0 Å². The summed E-state index contributed by atoms with van der Waals surface area (Å²) in [6, 6.07) is 7.06. The SMILES string of the molecule is CN(Cc1cccc(Br)c1)C(=O)NCC(O)C(=O)O. The van der Waals surface area contributed by atoms with Crippen molar-refractivity contribution in [2.75, 3.05) is 13.6 Å². The summed E-state index contributed by atoms with van der Waals surface area (Å²) in [6.45, 7) is 0.0609. The van der Waals surface area contributed by atoms with Crippen LogP contribution in [0, 0.1) is 0 Å². The number of rotatable bonds is 5. The number of nitrogens with one attached hydrogen (secondary N) is 1. The number of aliphatic hydroxyl groups excluding tert-OH is 1. The molecule has 2 amide bonds. The van der Waals surface area contributed by atoms with E-state index < -0.39 is 18.1 Å². The summed E-state index contributed by atoms with van der Waals surface area (Å²) in [6.07, 6.45) is -1.59. The van der Waals surface area contributed by atoms with Crippen LogP contribution in [0.4, 0.5) is 4.79 Å². The highest BCUT2D eigenvalue weighted by Crippen LogP contribution is 2.12. The fourth-order valence-corrected chi connectivity index (χ4v) is 1.83. The van der Waals surface area contributed by atoms with Crippen LogP contribution in [0.3, 0.4) is 0 Å². The van der Waals surface area contributed by atoms with E-state index in [2.05, 4.69) is 21.2 Å². The lowest BCUT2D eigenvalue weighted by atomic mass is 10.2. The average Bonchev–Trinajstić information content (AvgIpc) is 2.35. The van der Waals surface area contributed by atoms with Crippen molar-refractivity contribution in [2.24, 2.45) is 0 Å². The molecule has 1 aromatic carbocycles. The van der Waals surface area contributed by atoms with E-state index in [0.29, 0.717) is 6.54 Å². The summed E-state index contributed by atoms with van der Waals surface area (Å²) < 4.78 is 0.917. The number of carbonyl (C=O) groups excluding carboxylic acids is 1. The zero-order valence-electron chi connectivity index (χ0n) is 10.3. The topological polar surface area (TPSA) is 89.9 Å². The second-order valence-corrected chi connectivity index (χ2v) is 4.94. The first-order chi connectivity index (χ1) is 8.90. The molecule has 3 N–H and O–H groups in total. The lowest BCUT2D eigenvalue weighted by Crippen LogP contribution is -2.42. The van der Waals surface area contributed by atoms with E-state index in [4.69, 9.17) is 10.2 Å². The predicted molar refractivity (Wildman–Crippen MR) is 72.7 cm³/mol. The van der Waals surface area contributed by atoms with Gasteiger partial charge < -0.3 is 20.4 Å². The van der Waals surface area contributed by atoms with Crippen LogP contribution in [0.25, 0.3) is 0 Å². The first-order valence-electron chi connectivity index (χ1n) is 5.54. The maximum atomic E-state index is 11.7. The zero-order chi connectivity index (χ0) is 14.4. The Kier molecular flexibility index (Phi) is 5.78. The summed E-state index contributed by atoms with van der Waals surface area (Å²) in [5.74, 6) is -1.37.